The number of amides is 1. The van der Waals surface area contributed by atoms with Gasteiger partial charge in [0.15, 0.2) is 5.57 Å². The van der Waals surface area contributed by atoms with Crippen molar-refractivity contribution >= 4 is 17.6 Å². The van der Waals surface area contributed by atoms with Crippen molar-refractivity contribution in [3.05, 3.63) is 41.2 Å². The lowest BCUT2D eigenvalue weighted by Crippen LogP contribution is -2.16. The highest BCUT2D eigenvalue weighted by atomic mass is 16.4. The van der Waals surface area contributed by atoms with Gasteiger partial charge in [-0.05, 0) is 37.1 Å². The maximum atomic E-state index is 11.9. The Bertz CT molecular complexity index is 622. The summed E-state index contributed by atoms with van der Waals surface area (Å²) in [5, 5.41) is 29.9. The summed E-state index contributed by atoms with van der Waals surface area (Å²) in [5.74, 6) is -2.02. The van der Waals surface area contributed by atoms with E-state index < -0.39 is 11.9 Å². The molecular weight excluding hydrogens is 260 g/mol. The van der Waals surface area contributed by atoms with E-state index in [0.29, 0.717) is 5.69 Å². The Morgan fingerprint density at radius 3 is 2.25 bits per heavy atom. The number of nitrogens with zero attached hydrogens (tertiary/aromatic N) is 1. The third-order valence-electron chi connectivity index (χ3n) is 2.95. The number of hydrogen-bond acceptors (Lipinski definition) is 4. The molecule has 1 aliphatic rings. The SMILES string of the molecule is N#C/C(C(=O)Nc1ccc(C(=O)O)cc1)=C(/O)C1CC1. The first kappa shape index (κ1) is 13.6. The smallest absolute Gasteiger partial charge is 0.335 e. The van der Waals surface area contributed by atoms with Crippen LogP contribution in [0.25, 0.3) is 0 Å². The molecule has 0 aromatic heterocycles. The highest BCUT2D eigenvalue weighted by Gasteiger charge is 2.30. The molecule has 0 heterocycles. The lowest BCUT2D eigenvalue weighted by atomic mass is 10.1. The Kier molecular flexibility index (Phi) is 3.71. The zero-order valence-electron chi connectivity index (χ0n) is 10.5. The van der Waals surface area contributed by atoms with Gasteiger partial charge in [-0.15, -0.1) is 0 Å². The highest BCUT2D eigenvalue weighted by molar-refractivity contribution is 6.07. The molecule has 0 radical (unpaired) electrons. The molecule has 1 fully saturated rings. The van der Waals surface area contributed by atoms with Crippen LogP contribution in [0.1, 0.15) is 23.2 Å². The number of aliphatic hydroxyl groups is 1. The van der Waals surface area contributed by atoms with E-state index in [9.17, 15) is 14.7 Å². The van der Waals surface area contributed by atoms with Gasteiger partial charge in [0.05, 0.1) is 5.56 Å². The Hall–Kier alpha value is -2.81. The van der Waals surface area contributed by atoms with Gasteiger partial charge in [0.1, 0.15) is 11.8 Å². The Balaban J connectivity index is 2.13. The van der Waals surface area contributed by atoms with E-state index >= 15 is 0 Å². The molecule has 6 nitrogen and oxygen atoms in total. The number of anilines is 1. The summed E-state index contributed by atoms with van der Waals surface area (Å²) in [6.45, 7) is 0. The fourth-order valence-corrected chi connectivity index (χ4v) is 1.67. The Labute approximate surface area is 115 Å². The zero-order chi connectivity index (χ0) is 14.7. The summed E-state index contributed by atoms with van der Waals surface area (Å²) in [6, 6.07) is 7.22. The van der Waals surface area contributed by atoms with Crippen LogP contribution in [0, 0.1) is 17.2 Å². The summed E-state index contributed by atoms with van der Waals surface area (Å²) in [4.78, 5) is 22.6. The second-order valence-corrected chi connectivity index (χ2v) is 4.48. The first-order chi connectivity index (χ1) is 9.52. The largest absolute Gasteiger partial charge is 0.510 e. The molecule has 0 unspecified atom stereocenters. The first-order valence-electron chi connectivity index (χ1n) is 6.01. The van der Waals surface area contributed by atoms with Crippen molar-refractivity contribution in [2.75, 3.05) is 5.32 Å². The molecule has 3 N–H and O–H groups in total. The van der Waals surface area contributed by atoms with Crippen LogP contribution in [-0.2, 0) is 4.79 Å². The van der Waals surface area contributed by atoms with Gasteiger partial charge in [0, 0.05) is 11.6 Å². The van der Waals surface area contributed by atoms with Crippen LogP contribution < -0.4 is 5.32 Å². The number of carbonyl (C=O) groups excluding carboxylic acids is 1. The van der Waals surface area contributed by atoms with Gasteiger partial charge >= 0.3 is 5.97 Å². The molecule has 0 bridgehead atoms. The summed E-state index contributed by atoms with van der Waals surface area (Å²) in [7, 11) is 0. The lowest BCUT2D eigenvalue weighted by molar-refractivity contribution is -0.112. The molecule has 1 aromatic carbocycles. The molecule has 2 rings (SSSR count). The van der Waals surface area contributed by atoms with Crippen molar-refractivity contribution in [1.29, 1.82) is 5.26 Å². The highest BCUT2D eigenvalue weighted by Crippen LogP contribution is 2.36. The molecule has 1 aliphatic carbocycles. The van der Waals surface area contributed by atoms with Crippen molar-refractivity contribution in [2.45, 2.75) is 12.8 Å². The maximum absolute atomic E-state index is 11.9. The lowest BCUT2D eigenvalue weighted by Gasteiger charge is -2.06. The van der Waals surface area contributed by atoms with Gasteiger partial charge in [-0.2, -0.15) is 5.26 Å². The van der Waals surface area contributed by atoms with Crippen molar-refractivity contribution in [1.82, 2.24) is 0 Å². The van der Waals surface area contributed by atoms with E-state index in [0.717, 1.165) is 12.8 Å². The number of nitrogens with one attached hydrogen (secondary N) is 1. The molecule has 0 atom stereocenters. The number of hydrogen-bond donors (Lipinski definition) is 3. The fraction of sp³-hybridized carbons (Fsp3) is 0.214. The van der Waals surface area contributed by atoms with Crippen LogP contribution in [0.3, 0.4) is 0 Å². The van der Waals surface area contributed by atoms with Crippen LogP contribution >= 0.6 is 0 Å². The van der Waals surface area contributed by atoms with Crippen molar-refractivity contribution in [3.8, 4) is 6.07 Å². The standard InChI is InChI=1S/C14H12N2O4/c15-7-11(12(17)8-1-2-8)13(18)16-10-5-3-9(4-6-10)14(19)20/h3-6,8,17H,1-2H2,(H,16,18)(H,19,20)/b12-11-. The maximum Gasteiger partial charge on any atom is 0.335 e. The fourth-order valence-electron chi connectivity index (χ4n) is 1.67. The minimum absolute atomic E-state index is 0.0928. The molecule has 1 amide bonds. The second kappa shape index (κ2) is 5.45. The van der Waals surface area contributed by atoms with Crippen LogP contribution in [0.15, 0.2) is 35.6 Å². The number of carboxylic acid groups (broad SMARTS) is 1. The predicted octanol–water partition coefficient (Wildman–Crippen LogP) is 2.07. The predicted molar refractivity (Wildman–Crippen MR) is 70.0 cm³/mol. The van der Waals surface area contributed by atoms with Gasteiger partial charge < -0.3 is 15.5 Å². The van der Waals surface area contributed by atoms with Crippen LogP contribution in [0.2, 0.25) is 0 Å². The molecule has 0 spiro atoms. The summed E-state index contributed by atoms with van der Waals surface area (Å²) < 4.78 is 0. The molecule has 1 aromatic rings. The summed E-state index contributed by atoms with van der Waals surface area (Å²) in [5.41, 5.74) is 0.158. The van der Waals surface area contributed by atoms with Crippen molar-refractivity contribution in [3.63, 3.8) is 0 Å². The van der Waals surface area contributed by atoms with Gasteiger partial charge in [0.25, 0.3) is 5.91 Å². The zero-order valence-corrected chi connectivity index (χ0v) is 10.5. The number of allylic oxidation sites excluding steroid dienone is 1. The van der Waals surface area contributed by atoms with E-state index in [-0.39, 0.29) is 22.8 Å². The Morgan fingerprint density at radius 1 is 1.20 bits per heavy atom. The molecule has 102 valence electrons. The number of aliphatic hydroxyl groups excluding tert-OH is 1. The van der Waals surface area contributed by atoms with E-state index in [1.54, 1.807) is 6.07 Å². The van der Waals surface area contributed by atoms with Crippen LogP contribution in [0.5, 0.6) is 0 Å². The number of benzene rings is 1. The number of carbonyl (C=O) groups is 2. The topological polar surface area (TPSA) is 110 Å². The van der Waals surface area contributed by atoms with Gasteiger partial charge in [-0.25, -0.2) is 4.79 Å². The van der Waals surface area contributed by atoms with Gasteiger partial charge in [-0.1, -0.05) is 0 Å². The molecular formula is C14H12N2O4. The average molecular weight is 272 g/mol. The second-order valence-electron chi connectivity index (χ2n) is 4.48. The number of nitriles is 1. The van der Waals surface area contributed by atoms with E-state index in [4.69, 9.17) is 10.4 Å². The van der Waals surface area contributed by atoms with E-state index in [1.165, 1.54) is 24.3 Å². The van der Waals surface area contributed by atoms with Gasteiger partial charge in [0.2, 0.25) is 0 Å². The van der Waals surface area contributed by atoms with Crippen LogP contribution in [0.4, 0.5) is 5.69 Å². The van der Waals surface area contributed by atoms with Crippen LogP contribution in [-0.4, -0.2) is 22.1 Å². The normalized spacial score (nSPS) is 14.9. The monoisotopic (exact) mass is 272 g/mol. The minimum Gasteiger partial charge on any atom is -0.510 e. The molecule has 0 saturated heterocycles. The minimum atomic E-state index is -1.06. The van der Waals surface area contributed by atoms with E-state index in [1.807, 2.05) is 0 Å². The molecule has 1 saturated carbocycles. The number of rotatable bonds is 4. The Morgan fingerprint density at radius 2 is 1.80 bits per heavy atom. The van der Waals surface area contributed by atoms with Crippen molar-refractivity contribution in [2.24, 2.45) is 5.92 Å². The molecule has 0 aliphatic heterocycles. The average Bonchev–Trinajstić information content (AvgIpc) is 3.24. The summed E-state index contributed by atoms with van der Waals surface area (Å²) in [6.07, 6.45) is 1.55. The van der Waals surface area contributed by atoms with Gasteiger partial charge in [-0.3, -0.25) is 4.79 Å². The third kappa shape index (κ3) is 2.95. The summed E-state index contributed by atoms with van der Waals surface area (Å²) >= 11 is 0. The first-order valence-corrected chi connectivity index (χ1v) is 6.01. The number of carboxylic acids is 1. The third-order valence-corrected chi connectivity index (χ3v) is 2.95. The van der Waals surface area contributed by atoms with E-state index in [2.05, 4.69) is 5.32 Å². The molecule has 6 heteroatoms. The number of aromatic carboxylic acids is 1. The molecule has 20 heavy (non-hydrogen) atoms. The quantitative estimate of drug-likeness (QED) is 0.441. The van der Waals surface area contributed by atoms with Crippen molar-refractivity contribution < 1.29 is 19.8 Å².